The molecular weight excluding hydrogens is 284 g/mol. The first-order valence-electron chi connectivity index (χ1n) is 7.65. The Morgan fingerprint density at radius 3 is 2.38 bits per heavy atom. The highest BCUT2D eigenvalue weighted by Crippen LogP contribution is 2.15. The molecule has 0 bridgehead atoms. The SMILES string of the molecule is CCCCN(CCCC)C(=O)N/C=C/c1ccccc1Cl. The lowest BCUT2D eigenvalue weighted by Crippen LogP contribution is -2.38. The Morgan fingerprint density at radius 1 is 1.19 bits per heavy atom. The van der Waals surface area contributed by atoms with Gasteiger partial charge in [-0.25, -0.2) is 4.79 Å². The fourth-order valence-electron chi connectivity index (χ4n) is 1.92. The maximum absolute atomic E-state index is 12.2. The van der Waals surface area contributed by atoms with E-state index in [4.69, 9.17) is 11.6 Å². The summed E-state index contributed by atoms with van der Waals surface area (Å²) in [6.45, 7) is 5.88. The smallest absolute Gasteiger partial charge is 0.321 e. The van der Waals surface area contributed by atoms with Gasteiger partial charge in [0, 0.05) is 24.3 Å². The van der Waals surface area contributed by atoms with Gasteiger partial charge in [0.2, 0.25) is 0 Å². The van der Waals surface area contributed by atoms with Crippen molar-refractivity contribution in [3.8, 4) is 0 Å². The summed E-state index contributed by atoms with van der Waals surface area (Å²) in [7, 11) is 0. The Morgan fingerprint density at radius 2 is 1.81 bits per heavy atom. The second-order valence-electron chi connectivity index (χ2n) is 5.00. The number of carbonyl (C=O) groups excluding carboxylic acids is 1. The Labute approximate surface area is 133 Å². The molecule has 4 heteroatoms. The molecule has 0 aliphatic carbocycles. The molecule has 21 heavy (non-hydrogen) atoms. The highest BCUT2D eigenvalue weighted by Gasteiger charge is 2.10. The fraction of sp³-hybridized carbons (Fsp3) is 0.471. The number of urea groups is 1. The average Bonchev–Trinajstić information content (AvgIpc) is 2.49. The first-order chi connectivity index (χ1) is 10.2. The average molecular weight is 309 g/mol. The van der Waals surface area contributed by atoms with Gasteiger partial charge in [0.25, 0.3) is 0 Å². The number of halogens is 1. The van der Waals surface area contributed by atoms with Crippen molar-refractivity contribution < 1.29 is 4.79 Å². The van der Waals surface area contributed by atoms with Crippen LogP contribution in [0, 0.1) is 0 Å². The van der Waals surface area contributed by atoms with Gasteiger partial charge in [0.05, 0.1) is 0 Å². The van der Waals surface area contributed by atoms with Crippen LogP contribution in [-0.4, -0.2) is 24.0 Å². The molecule has 3 nitrogen and oxygen atoms in total. The first-order valence-corrected chi connectivity index (χ1v) is 8.03. The number of hydrogen-bond acceptors (Lipinski definition) is 1. The molecule has 1 aromatic carbocycles. The van der Waals surface area contributed by atoms with Crippen LogP contribution >= 0.6 is 11.6 Å². The Kier molecular flexibility index (Phi) is 8.60. The molecule has 0 spiro atoms. The molecule has 0 saturated heterocycles. The fourth-order valence-corrected chi connectivity index (χ4v) is 2.12. The minimum atomic E-state index is -0.0415. The zero-order valence-corrected chi connectivity index (χ0v) is 13.7. The van der Waals surface area contributed by atoms with Gasteiger partial charge < -0.3 is 10.2 Å². The third-order valence-corrected chi connectivity index (χ3v) is 3.57. The molecule has 1 N–H and O–H groups in total. The van der Waals surface area contributed by atoms with Crippen LogP contribution < -0.4 is 5.32 Å². The van der Waals surface area contributed by atoms with Gasteiger partial charge >= 0.3 is 6.03 Å². The number of amides is 2. The summed E-state index contributed by atoms with van der Waals surface area (Å²) >= 11 is 6.06. The predicted molar refractivity (Wildman–Crippen MR) is 90.4 cm³/mol. The maximum Gasteiger partial charge on any atom is 0.321 e. The number of hydrogen-bond donors (Lipinski definition) is 1. The molecule has 2 amide bonds. The summed E-state index contributed by atoms with van der Waals surface area (Å²) in [6.07, 6.45) is 7.72. The molecule has 0 radical (unpaired) electrons. The van der Waals surface area contributed by atoms with E-state index in [2.05, 4.69) is 19.2 Å². The lowest BCUT2D eigenvalue weighted by Gasteiger charge is -2.21. The van der Waals surface area contributed by atoms with E-state index in [1.165, 1.54) is 0 Å². The quantitative estimate of drug-likeness (QED) is 0.726. The highest BCUT2D eigenvalue weighted by molar-refractivity contribution is 6.32. The summed E-state index contributed by atoms with van der Waals surface area (Å²) in [6, 6.07) is 7.51. The zero-order chi connectivity index (χ0) is 15.5. The van der Waals surface area contributed by atoms with Crippen molar-refractivity contribution >= 4 is 23.7 Å². The van der Waals surface area contributed by atoms with Crippen molar-refractivity contribution in [1.29, 1.82) is 0 Å². The van der Waals surface area contributed by atoms with Crippen LogP contribution in [0.2, 0.25) is 5.02 Å². The van der Waals surface area contributed by atoms with E-state index in [1.54, 1.807) is 6.20 Å². The van der Waals surface area contributed by atoms with Gasteiger partial charge in [0.15, 0.2) is 0 Å². The standard InChI is InChI=1S/C17H25ClN2O/c1-3-5-13-20(14-6-4-2)17(21)19-12-11-15-9-7-8-10-16(15)18/h7-12H,3-6,13-14H2,1-2H3,(H,19,21)/b12-11+. The highest BCUT2D eigenvalue weighted by atomic mass is 35.5. The van der Waals surface area contributed by atoms with Crippen LogP contribution in [0.1, 0.15) is 45.1 Å². The van der Waals surface area contributed by atoms with Gasteiger partial charge in [-0.3, -0.25) is 0 Å². The first kappa shape index (κ1) is 17.6. The van der Waals surface area contributed by atoms with Crippen molar-refractivity contribution in [3.05, 3.63) is 41.1 Å². The molecule has 0 aliphatic rings. The number of benzene rings is 1. The molecule has 0 unspecified atom stereocenters. The molecule has 0 saturated carbocycles. The van der Waals surface area contributed by atoms with E-state index >= 15 is 0 Å². The molecule has 116 valence electrons. The van der Waals surface area contributed by atoms with E-state index < -0.39 is 0 Å². The van der Waals surface area contributed by atoms with Crippen molar-refractivity contribution in [1.82, 2.24) is 10.2 Å². The van der Waals surface area contributed by atoms with Crippen molar-refractivity contribution in [3.63, 3.8) is 0 Å². The minimum absolute atomic E-state index is 0.0415. The minimum Gasteiger partial charge on any atom is -0.325 e. The summed E-state index contributed by atoms with van der Waals surface area (Å²) < 4.78 is 0. The van der Waals surface area contributed by atoms with Crippen molar-refractivity contribution in [2.24, 2.45) is 0 Å². The molecule has 0 atom stereocenters. The molecular formula is C17H25ClN2O. The third kappa shape index (κ3) is 6.67. The summed E-state index contributed by atoms with van der Waals surface area (Å²) in [4.78, 5) is 14.0. The third-order valence-electron chi connectivity index (χ3n) is 3.23. The van der Waals surface area contributed by atoms with Gasteiger partial charge in [-0.05, 0) is 30.5 Å². The summed E-state index contributed by atoms with van der Waals surface area (Å²) in [5, 5.41) is 3.50. The van der Waals surface area contributed by atoms with E-state index in [0.717, 1.165) is 44.3 Å². The number of rotatable bonds is 8. The molecule has 0 aromatic heterocycles. The van der Waals surface area contributed by atoms with Gasteiger partial charge in [-0.2, -0.15) is 0 Å². The monoisotopic (exact) mass is 308 g/mol. The molecule has 0 fully saturated rings. The molecule has 0 aliphatic heterocycles. The van der Waals surface area contributed by atoms with Gasteiger partial charge in [0.1, 0.15) is 0 Å². The normalized spacial score (nSPS) is 10.8. The number of nitrogens with zero attached hydrogens (tertiary/aromatic N) is 1. The predicted octanol–water partition coefficient (Wildman–Crippen LogP) is 4.92. The van der Waals surface area contributed by atoms with Gasteiger partial charge in [-0.15, -0.1) is 0 Å². The second-order valence-corrected chi connectivity index (χ2v) is 5.41. The topological polar surface area (TPSA) is 32.3 Å². The van der Waals surface area contributed by atoms with Gasteiger partial charge in [-0.1, -0.05) is 56.5 Å². The molecule has 1 aromatic rings. The summed E-state index contributed by atoms with van der Waals surface area (Å²) in [5.74, 6) is 0. The van der Waals surface area contributed by atoms with Crippen LogP contribution in [0.25, 0.3) is 6.08 Å². The van der Waals surface area contributed by atoms with Crippen molar-refractivity contribution in [2.75, 3.05) is 13.1 Å². The Bertz CT molecular complexity index is 452. The number of carbonyl (C=O) groups is 1. The largest absolute Gasteiger partial charge is 0.325 e. The zero-order valence-electron chi connectivity index (χ0n) is 12.9. The lowest BCUT2D eigenvalue weighted by atomic mass is 10.2. The Hall–Kier alpha value is -1.48. The second kappa shape index (κ2) is 10.3. The van der Waals surface area contributed by atoms with E-state index in [-0.39, 0.29) is 6.03 Å². The van der Waals surface area contributed by atoms with Crippen molar-refractivity contribution in [2.45, 2.75) is 39.5 Å². The number of nitrogens with one attached hydrogen (secondary N) is 1. The number of unbranched alkanes of at least 4 members (excludes halogenated alkanes) is 2. The lowest BCUT2D eigenvalue weighted by molar-refractivity contribution is 0.200. The van der Waals surface area contributed by atoms with E-state index in [9.17, 15) is 4.79 Å². The van der Waals surface area contributed by atoms with E-state index in [0.29, 0.717) is 5.02 Å². The van der Waals surface area contributed by atoms with E-state index in [1.807, 2.05) is 35.2 Å². The van der Waals surface area contributed by atoms with Crippen LogP contribution in [-0.2, 0) is 0 Å². The molecule has 0 heterocycles. The Balaban J connectivity index is 2.54. The van der Waals surface area contributed by atoms with Crippen LogP contribution in [0.5, 0.6) is 0 Å². The van der Waals surface area contributed by atoms with Crippen LogP contribution in [0.15, 0.2) is 30.5 Å². The summed E-state index contributed by atoms with van der Waals surface area (Å²) in [5.41, 5.74) is 0.896. The van der Waals surface area contributed by atoms with Crippen LogP contribution in [0.4, 0.5) is 4.79 Å². The molecule has 1 rings (SSSR count). The maximum atomic E-state index is 12.2. The van der Waals surface area contributed by atoms with Crippen LogP contribution in [0.3, 0.4) is 0 Å².